The van der Waals surface area contributed by atoms with Crippen molar-refractivity contribution in [3.05, 3.63) is 34.6 Å². The third-order valence-electron chi connectivity index (χ3n) is 5.08. The summed E-state index contributed by atoms with van der Waals surface area (Å²) in [4.78, 5) is 0. The molecule has 2 saturated carbocycles. The lowest BCUT2D eigenvalue weighted by Crippen LogP contribution is -2.36. The number of halogens is 2. The van der Waals surface area contributed by atoms with Crippen LogP contribution in [0.1, 0.15) is 38.7 Å². The Morgan fingerprint density at radius 2 is 2.05 bits per heavy atom. The normalized spacial score (nSPS) is 30.7. The van der Waals surface area contributed by atoms with E-state index in [1.54, 1.807) is 12.1 Å². The predicted molar refractivity (Wildman–Crippen MR) is 86.1 cm³/mol. The van der Waals surface area contributed by atoms with Crippen LogP contribution >= 0.6 is 11.6 Å². The molecule has 0 aliphatic heterocycles. The average Bonchev–Trinajstić information content (AvgIpc) is 3.02. The minimum absolute atomic E-state index is 0.222. The number of hydrogen-bond donors (Lipinski definition) is 1. The lowest BCUT2D eigenvalue weighted by Gasteiger charge is -2.32. The van der Waals surface area contributed by atoms with Crippen LogP contribution in [0.2, 0.25) is 5.02 Å². The van der Waals surface area contributed by atoms with E-state index >= 15 is 0 Å². The molecule has 0 radical (unpaired) electrons. The molecule has 3 heteroatoms. The van der Waals surface area contributed by atoms with E-state index in [1.807, 2.05) is 6.07 Å². The van der Waals surface area contributed by atoms with Gasteiger partial charge in [-0.05, 0) is 73.1 Å². The second kappa shape index (κ2) is 5.89. The highest BCUT2D eigenvalue weighted by Crippen LogP contribution is 2.60. The molecule has 2 aliphatic rings. The topological polar surface area (TPSA) is 12.0 Å². The van der Waals surface area contributed by atoms with Crippen LogP contribution in [0.5, 0.6) is 0 Å². The zero-order valence-corrected chi connectivity index (χ0v) is 13.7. The fourth-order valence-electron chi connectivity index (χ4n) is 4.07. The van der Waals surface area contributed by atoms with Crippen molar-refractivity contribution in [2.24, 2.45) is 23.2 Å². The van der Waals surface area contributed by atoms with Gasteiger partial charge in [-0.3, -0.25) is 0 Å². The quantitative estimate of drug-likeness (QED) is 0.804. The summed E-state index contributed by atoms with van der Waals surface area (Å²) in [6, 6.07) is 5.30. The number of nitrogens with one attached hydrogen (secondary N) is 1. The summed E-state index contributed by atoms with van der Waals surface area (Å²) in [5.41, 5.74) is 1.41. The van der Waals surface area contributed by atoms with Gasteiger partial charge in [0.15, 0.2) is 0 Å². The largest absolute Gasteiger partial charge is 0.316 e. The third kappa shape index (κ3) is 3.60. The van der Waals surface area contributed by atoms with Crippen molar-refractivity contribution in [2.75, 3.05) is 13.1 Å². The lowest BCUT2D eigenvalue weighted by molar-refractivity contribution is 0.245. The Morgan fingerprint density at radius 3 is 2.67 bits per heavy atom. The van der Waals surface area contributed by atoms with Gasteiger partial charge in [0.05, 0.1) is 5.02 Å². The highest BCUT2D eigenvalue weighted by molar-refractivity contribution is 6.30. The summed E-state index contributed by atoms with van der Waals surface area (Å²) in [5.74, 6) is 2.25. The molecule has 0 aromatic heterocycles. The third-order valence-corrected chi connectivity index (χ3v) is 5.38. The van der Waals surface area contributed by atoms with Crippen LogP contribution in [0.4, 0.5) is 4.39 Å². The van der Waals surface area contributed by atoms with Crippen LogP contribution in [-0.4, -0.2) is 13.1 Å². The fraction of sp³-hybridized carbons (Fsp3) is 0.667. The van der Waals surface area contributed by atoms with Gasteiger partial charge in [0.2, 0.25) is 0 Å². The fourth-order valence-corrected chi connectivity index (χ4v) is 4.18. The van der Waals surface area contributed by atoms with Crippen molar-refractivity contribution in [3.63, 3.8) is 0 Å². The molecule has 1 aromatic carbocycles. The monoisotopic (exact) mass is 309 g/mol. The number of hydrogen-bond acceptors (Lipinski definition) is 1. The van der Waals surface area contributed by atoms with Crippen molar-refractivity contribution in [1.82, 2.24) is 5.32 Å². The highest BCUT2D eigenvalue weighted by Gasteiger charge is 2.53. The Balaban J connectivity index is 1.68. The SMILES string of the molecule is CC(C)CNCC1(Cc2ccc(Cl)c(F)c2)CC2CC2C1. The lowest BCUT2D eigenvalue weighted by atomic mass is 9.77. The van der Waals surface area contributed by atoms with Gasteiger partial charge in [-0.15, -0.1) is 0 Å². The standard InChI is InChI=1S/C18H25ClFN/c1-12(2)10-21-11-18(8-14-6-15(14)9-18)7-13-3-4-16(19)17(20)5-13/h3-5,12,14-15,21H,6-11H2,1-2H3. The first kappa shape index (κ1) is 15.3. The minimum atomic E-state index is -0.289. The molecule has 0 amide bonds. The highest BCUT2D eigenvalue weighted by atomic mass is 35.5. The number of rotatable bonds is 6. The molecule has 1 N–H and O–H groups in total. The van der Waals surface area contributed by atoms with E-state index in [1.165, 1.54) is 19.3 Å². The molecule has 3 rings (SSSR count). The van der Waals surface area contributed by atoms with Crippen LogP contribution in [0.3, 0.4) is 0 Å². The minimum Gasteiger partial charge on any atom is -0.316 e. The molecule has 0 spiro atoms. The summed E-state index contributed by atoms with van der Waals surface area (Å²) in [6.45, 7) is 6.59. The first-order chi connectivity index (χ1) is 9.97. The zero-order chi connectivity index (χ0) is 15.0. The first-order valence-electron chi connectivity index (χ1n) is 8.12. The van der Waals surface area contributed by atoms with E-state index in [-0.39, 0.29) is 10.8 Å². The van der Waals surface area contributed by atoms with Gasteiger partial charge in [0.25, 0.3) is 0 Å². The molecule has 0 heterocycles. The van der Waals surface area contributed by atoms with Gasteiger partial charge in [-0.1, -0.05) is 31.5 Å². The van der Waals surface area contributed by atoms with Crippen LogP contribution in [-0.2, 0) is 6.42 Å². The van der Waals surface area contributed by atoms with Crippen molar-refractivity contribution in [1.29, 1.82) is 0 Å². The van der Waals surface area contributed by atoms with E-state index in [0.717, 1.165) is 36.9 Å². The van der Waals surface area contributed by atoms with E-state index in [0.29, 0.717) is 11.3 Å². The summed E-state index contributed by atoms with van der Waals surface area (Å²) >= 11 is 5.79. The van der Waals surface area contributed by atoms with Gasteiger partial charge >= 0.3 is 0 Å². The number of benzene rings is 1. The summed E-state index contributed by atoms with van der Waals surface area (Å²) in [7, 11) is 0. The molecule has 116 valence electrons. The van der Waals surface area contributed by atoms with E-state index in [4.69, 9.17) is 11.6 Å². The molecule has 2 fully saturated rings. The van der Waals surface area contributed by atoms with Crippen LogP contribution < -0.4 is 5.32 Å². The Bertz CT molecular complexity index is 504. The van der Waals surface area contributed by atoms with E-state index < -0.39 is 0 Å². The van der Waals surface area contributed by atoms with Crippen LogP contribution in [0.25, 0.3) is 0 Å². The molecule has 1 nitrogen and oxygen atoms in total. The first-order valence-corrected chi connectivity index (χ1v) is 8.50. The summed E-state index contributed by atoms with van der Waals surface area (Å²) in [5, 5.41) is 3.86. The zero-order valence-electron chi connectivity index (χ0n) is 13.0. The van der Waals surface area contributed by atoms with Crippen molar-refractivity contribution in [3.8, 4) is 0 Å². The Hall–Kier alpha value is -0.600. The summed E-state index contributed by atoms with van der Waals surface area (Å²) < 4.78 is 13.7. The number of fused-ring (bicyclic) bond motifs is 1. The molecule has 2 atom stereocenters. The molecule has 1 aromatic rings. The van der Waals surface area contributed by atoms with Crippen LogP contribution in [0.15, 0.2) is 18.2 Å². The van der Waals surface area contributed by atoms with Gasteiger partial charge < -0.3 is 5.32 Å². The molecule has 2 aliphatic carbocycles. The molecule has 2 unspecified atom stereocenters. The Labute approximate surface area is 132 Å². The van der Waals surface area contributed by atoms with Crippen molar-refractivity contribution < 1.29 is 4.39 Å². The average molecular weight is 310 g/mol. The van der Waals surface area contributed by atoms with Gasteiger partial charge in [-0.25, -0.2) is 4.39 Å². The smallest absolute Gasteiger partial charge is 0.142 e. The molecule has 0 saturated heterocycles. The summed E-state index contributed by atoms with van der Waals surface area (Å²) in [6.07, 6.45) is 4.99. The van der Waals surface area contributed by atoms with E-state index in [2.05, 4.69) is 19.2 Å². The Kier molecular flexibility index (Phi) is 4.29. The van der Waals surface area contributed by atoms with Gasteiger partial charge in [0, 0.05) is 6.54 Å². The van der Waals surface area contributed by atoms with Crippen LogP contribution in [0, 0.1) is 29.0 Å². The maximum absolute atomic E-state index is 13.7. The van der Waals surface area contributed by atoms with Gasteiger partial charge in [-0.2, -0.15) is 0 Å². The van der Waals surface area contributed by atoms with Crippen molar-refractivity contribution >= 4 is 11.6 Å². The van der Waals surface area contributed by atoms with E-state index in [9.17, 15) is 4.39 Å². The molecule has 21 heavy (non-hydrogen) atoms. The maximum atomic E-state index is 13.7. The second-order valence-electron chi connectivity index (χ2n) is 7.61. The predicted octanol–water partition coefficient (Wildman–Crippen LogP) is 4.68. The second-order valence-corrected chi connectivity index (χ2v) is 8.02. The Morgan fingerprint density at radius 1 is 1.33 bits per heavy atom. The van der Waals surface area contributed by atoms with Gasteiger partial charge in [0.1, 0.15) is 5.82 Å². The van der Waals surface area contributed by atoms with Crippen molar-refractivity contribution in [2.45, 2.75) is 39.5 Å². The molecular weight excluding hydrogens is 285 g/mol. The molecule has 0 bridgehead atoms. The maximum Gasteiger partial charge on any atom is 0.142 e. The molecular formula is C18H25ClFN.